The summed E-state index contributed by atoms with van der Waals surface area (Å²) in [7, 11) is -8.52. The molecule has 0 spiro atoms. The monoisotopic (exact) mass is 1660 g/mol. The number of aliphatic hydroxyl groups excluding tert-OH is 1. The van der Waals surface area contributed by atoms with Gasteiger partial charge < -0.3 is 28.8 Å². The van der Waals surface area contributed by atoms with E-state index in [4.69, 9.17) is 63.3 Å². The number of aryl methyl sites for hydroxylation is 1. The number of ether oxygens (including phenoxy) is 5. The molecule has 20 aromatic rings. The Morgan fingerprint density at radius 3 is 1.07 bits per heavy atom. The highest BCUT2D eigenvalue weighted by atomic mass is 79.9. The van der Waals surface area contributed by atoms with Crippen molar-refractivity contribution in [2.45, 2.75) is 13.5 Å². The second-order valence-corrected chi connectivity index (χ2v) is 27.9. The molecule has 0 saturated carbocycles. The molecule has 10 aromatic carbocycles. The highest BCUT2D eigenvalue weighted by Gasteiger charge is 2.19. The van der Waals surface area contributed by atoms with E-state index >= 15 is 0 Å². The van der Waals surface area contributed by atoms with Gasteiger partial charge in [0.1, 0.15) is 28.7 Å². The summed E-state index contributed by atoms with van der Waals surface area (Å²) in [5.74, 6) is 1.47. The number of rotatable bonds is 11. The standard InChI is InChI=1S/C18H15N3O3.C18H15N3O2.C17H12BrN3O2.2C17H12ClN3O2/c1-24-13-5-3-12(4-6-13)21-18(23)15-9-19-16-8-11(10-22)2-7-14(16)17(15)20-21;1-11-3-8-14-16(9-11)19-10-15-17(14)20-21(18(15)22)12-4-6-13(23-2)7-5-12;1-23-12-5-3-11(4-6-12)21-17(22)14-9-19-15-8-10(18)2-7-13(15)16(14)20-21;1-23-12-5-3-11(4-6-12)21-17(22)14-9-19-15-7-2-10(18)8-13(15)16(14)20-21;1-23-12-4-2-3-11(8-12)21-17(22)14-9-19-15-6-5-10(18)7-13(15)16(14)20-21/h2-9,20,22H,10H2,1H3;3-10,20H,1-2H3;3*2-9,20H,1H3/i1D3;;3*1D3. The zero-order valence-corrected chi connectivity index (χ0v) is 63.5. The van der Waals surface area contributed by atoms with Crippen molar-refractivity contribution >= 4 is 148 Å². The minimum Gasteiger partial charge on any atom is -0.497 e. The van der Waals surface area contributed by atoms with Crippen LogP contribution in [0.1, 0.15) is 27.6 Å². The third-order valence-electron chi connectivity index (χ3n) is 19.1. The van der Waals surface area contributed by atoms with E-state index in [9.17, 15) is 29.1 Å². The molecule has 0 bridgehead atoms. The number of aromatic nitrogens is 15. The van der Waals surface area contributed by atoms with Gasteiger partial charge in [0, 0.05) is 78.5 Å². The van der Waals surface area contributed by atoms with Gasteiger partial charge in [-0.1, -0.05) is 69.5 Å². The Balaban J connectivity index is 0.000000118. The molecule has 10 heterocycles. The van der Waals surface area contributed by atoms with Crippen molar-refractivity contribution in [3.05, 3.63) is 321 Å². The Morgan fingerprint density at radius 2 is 0.681 bits per heavy atom. The molecule has 0 aliphatic carbocycles. The zero-order valence-electron chi connectivity index (χ0n) is 72.4. The molecule has 26 nitrogen and oxygen atoms in total. The number of hydrogen-bond acceptors (Lipinski definition) is 16. The maximum absolute atomic E-state index is 12.8. The topological polar surface area (TPSA) is 320 Å². The molecule has 116 heavy (non-hydrogen) atoms. The van der Waals surface area contributed by atoms with Crippen LogP contribution in [0.15, 0.2) is 272 Å². The molecule has 0 aliphatic rings. The molecule has 0 radical (unpaired) electrons. The summed E-state index contributed by atoms with van der Waals surface area (Å²) in [5, 5.41) is 32.2. The molecule has 0 fully saturated rings. The Bertz CT molecular complexity index is 8010. The van der Waals surface area contributed by atoms with E-state index in [1.54, 1.807) is 117 Å². The lowest BCUT2D eigenvalue weighted by Gasteiger charge is -2.04. The van der Waals surface area contributed by atoms with Crippen LogP contribution in [0.5, 0.6) is 28.7 Å². The first kappa shape index (κ1) is 62.2. The number of aromatic amines is 5. The number of benzene rings is 10. The van der Waals surface area contributed by atoms with Crippen molar-refractivity contribution in [2.24, 2.45) is 0 Å². The first-order chi connectivity index (χ1) is 61.0. The van der Waals surface area contributed by atoms with Crippen molar-refractivity contribution in [3.63, 3.8) is 0 Å². The van der Waals surface area contributed by atoms with E-state index in [1.165, 1.54) is 90.5 Å². The van der Waals surface area contributed by atoms with Crippen LogP contribution in [-0.2, 0) is 6.61 Å². The van der Waals surface area contributed by atoms with E-state index < -0.39 is 28.2 Å². The van der Waals surface area contributed by atoms with Gasteiger partial charge in [-0.2, -0.15) is 0 Å². The molecular weight excluding hydrogens is 1580 g/mol. The molecule has 0 unspecified atom stereocenters. The average Bonchev–Trinajstić information content (AvgIpc) is 1.63. The van der Waals surface area contributed by atoms with Crippen LogP contribution in [0, 0.1) is 6.92 Å². The fourth-order valence-electron chi connectivity index (χ4n) is 13.3. The van der Waals surface area contributed by atoms with Gasteiger partial charge in [-0.05, 0) is 194 Å². The minimum absolute atomic E-state index is 0.0855. The Hall–Kier alpha value is -14.4. The third-order valence-corrected chi connectivity index (χ3v) is 20.0. The van der Waals surface area contributed by atoms with Crippen LogP contribution < -0.4 is 51.5 Å². The van der Waals surface area contributed by atoms with Crippen LogP contribution >= 0.6 is 39.1 Å². The lowest BCUT2D eigenvalue weighted by molar-refractivity contribution is 0.282. The lowest BCUT2D eigenvalue weighted by atomic mass is 10.1. The van der Waals surface area contributed by atoms with E-state index in [-0.39, 0.29) is 57.4 Å². The summed E-state index contributed by atoms with van der Waals surface area (Å²) >= 11 is 15.5. The van der Waals surface area contributed by atoms with Crippen molar-refractivity contribution in [2.75, 3.05) is 35.3 Å². The molecule has 0 atom stereocenters. The number of pyridine rings is 5. The number of fused-ring (bicyclic) bond motifs is 15. The first-order valence-electron chi connectivity index (χ1n) is 41.0. The largest absolute Gasteiger partial charge is 0.497 e. The predicted molar refractivity (Wildman–Crippen MR) is 457 cm³/mol. The molecule has 20 rings (SSSR count). The molecule has 29 heteroatoms. The number of aliphatic hydroxyl groups is 1. The molecule has 10 aromatic heterocycles. The minimum atomic E-state index is -2.57. The first-order valence-corrected chi connectivity index (χ1v) is 36.6. The number of hydrogen-bond donors (Lipinski definition) is 6. The molecule has 0 amide bonds. The Kier molecular flexibility index (Phi) is 17.2. The number of H-pyrrole nitrogens is 5. The number of halogens is 3. The van der Waals surface area contributed by atoms with Gasteiger partial charge in [0.15, 0.2) is 0 Å². The molecule has 576 valence electrons. The van der Waals surface area contributed by atoms with Gasteiger partial charge in [0.25, 0.3) is 27.8 Å². The summed E-state index contributed by atoms with van der Waals surface area (Å²) < 4.78 is 118. The van der Waals surface area contributed by atoms with Crippen molar-refractivity contribution in [1.29, 1.82) is 0 Å². The number of nitrogens with one attached hydrogen (secondary N) is 5. The summed E-state index contributed by atoms with van der Waals surface area (Å²) in [4.78, 5) is 85.2. The second-order valence-electron chi connectivity index (χ2n) is 26.1. The highest BCUT2D eigenvalue weighted by molar-refractivity contribution is 9.10. The van der Waals surface area contributed by atoms with Crippen molar-refractivity contribution in [1.82, 2.24) is 73.8 Å². The maximum Gasteiger partial charge on any atom is 0.280 e. The second kappa shape index (κ2) is 32.0. The molecule has 6 N–H and O–H groups in total. The van der Waals surface area contributed by atoms with Crippen LogP contribution in [0.4, 0.5) is 0 Å². The Morgan fingerprint density at radius 1 is 0.345 bits per heavy atom. The van der Waals surface area contributed by atoms with Gasteiger partial charge in [0.05, 0.1) is 169 Å². The Labute approximate surface area is 690 Å². The van der Waals surface area contributed by atoms with Crippen LogP contribution in [0.2, 0.25) is 10.0 Å². The van der Waals surface area contributed by atoms with Crippen LogP contribution in [-0.4, -0.2) is 114 Å². The average molecular weight is 1660 g/mol. The maximum atomic E-state index is 12.8. The van der Waals surface area contributed by atoms with Gasteiger partial charge in [-0.3, -0.25) is 74.4 Å². The van der Waals surface area contributed by atoms with E-state index in [2.05, 4.69) is 66.3 Å². The summed E-state index contributed by atoms with van der Waals surface area (Å²) in [6.45, 7) is 1.94. The predicted octanol–water partition coefficient (Wildman–Crippen LogP) is 16.2. The van der Waals surface area contributed by atoms with E-state index in [0.29, 0.717) is 92.8 Å². The summed E-state index contributed by atoms with van der Waals surface area (Å²) in [6.07, 6.45) is 7.71. The summed E-state index contributed by atoms with van der Waals surface area (Å²) in [6, 6.07) is 59.8. The highest BCUT2D eigenvalue weighted by Crippen LogP contribution is 2.31. The molecule has 0 saturated heterocycles. The van der Waals surface area contributed by atoms with Crippen molar-refractivity contribution in [3.8, 4) is 57.2 Å². The third kappa shape index (κ3) is 14.6. The lowest BCUT2D eigenvalue weighted by Crippen LogP contribution is -2.14. The van der Waals surface area contributed by atoms with Crippen molar-refractivity contribution < 1.29 is 45.2 Å². The summed E-state index contributed by atoms with van der Waals surface area (Å²) in [5.41, 5.74) is 10.6. The fourth-order valence-corrected chi connectivity index (χ4v) is 14.0. The smallest absolute Gasteiger partial charge is 0.280 e. The van der Waals surface area contributed by atoms with Crippen LogP contribution in [0.3, 0.4) is 0 Å². The van der Waals surface area contributed by atoms with Gasteiger partial charge in [-0.15, -0.1) is 0 Å². The zero-order chi connectivity index (χ0) is 90.6. The number of nitrogens with zero attached hydrogens (tertiary/aromatic N) is 10. The molecular formula is C87H66BrCl2N15O11. The van der Waals surface area contributed by atoms with Crippen LogP contribution in [0.25, 0.3) is 137 Å². The fraction of sp³-hybridized carbons (Fsp3) is 0.0805. The number of methoxy groups -OCH3 is 5. The van der Waals surface area contributed by atoms with Gasteiger partial charge >= 0.3 is 0 Å². The molecule has 0 aliphatic heterocycles. The van der Waals surface area contributed by atoms with E-state index in [1.807, 2.05) is 73.7 Å². The SMILES string of the molecule is COc1ccc(-n2[nH]c3c(cnc4cc(C)ccc43)c2=O)cc1.[2H]C([2H])([2H])Oc1ccc(-n2[nH]c3c(cnc4cc(Br)ccc43)c2=O)cc1.[2H]C([2H])([2H])Oc1ccc(-n2[nH]c3c(cnc4cc(CO)ccc43)c2=O)cc1.[2H]C([2H])([2H])Oc1ccc(-n2[nH]c3c(cnc4ccc(Cl)cc43)c2=O)cc1.[2H]C([2H])([2H])Oc1cccc(-n2[nH]c3c(cnc4ccc(Cl)cc43)c2=O)c1. The quantitative estimate of drug-likeness (QED) is 0.0701. The normalized spacial score (nSPS) is 13.2. The van der Waals surface area contributed by atoms with Gasteiger partial charge in [-0.25, -0.2) is 23.4 Å². The van der Waals surface area contributed by atoms with Gasteiger partial charge in [0.2, 0.25) is 0 Å². The van der Waals surface area contributed by atoms with E-state index in [0.717, 1.165) is 76.0 Å².